The lowest BCUT2D eigenvalue weighted by atomic mass is 9.95. The number of nitrogens with zero attached hydrogens (tertiary/aromatic N) is 3. The molecular weight excluding hydrogens is 614 g/mol. The molecule has 1 saturated heterocycles. The lowest BCUT2D eigenvalue weighted by Gasteiger charge is -2.23. The molecule has 0 radical (unpaired) electrons. The first-order chi connectivity index (χ1) is 21.8. The summed E-state index contributed by atoms with van der Waals surface area (Å²) < 4.78 is 26.2. The number of Topliss-reactive ketones (excluding diaryl/α,β-unsaturated/α-hetero) is 1. The van der Waals surface area contributed by atoms with Crippen LogP contribution in [0.4, 0.5) is 9.52 Å². The average molecular weight is 648 g/mol. The Morgan fingerprint density at radius 3 is 2.44 bits per heavy atom. The number of carbonyl (C=O) groups excluding carboxylic acids is 2. The number of anilines is 1. The minimum Gasteiger partial charge on any atom is -0.507 e. The van der Waals surface area contributed by atoms with Crippen LogP contribution in [0.1, 0.15) is 61.4 Å². The molecule has 1 unspecified atom stereocenters. The maximum absolute atomic E-state index is 13.7. The van der Waals surface area contributed by atoms with Gasteiger partial charge in [0.1, 0.15) is 11.6 Å². The Morgan fingerprint density at radius 2 is 1.73 bits per heavy atom. The number of hydrogen-bond acceptors (Lipinski definition) is 9. The van der Waals surface area contributed by atoms with E-state index in [2.05, 4.69) is 17.1 Å². The van der Waals surface area contributed by atoms with E-state index in [9.17, 15) is 19.1 Å². The molecule has 1 fully saturated rings. The van der Waals surface area contributed by atoms with Gasteiger partial charge in [0.15, 0.2) is 15.8 Å². The van der Waals surface area contributed by atoms with E-state index in [1.54, 1.807) is 18.2 Å². The molecule has 4 aromatic rings. The minimum atomic E-state index is -1.05. The Morgan fingerprint density at radius 1 is 0.978 bits per heavy atom. The van der Waals surface area contributed by atoms with Crippen molar-refractivity contribution in [3.05, 3.63) is 100 Å². The normalized spacial score (nSPS) is 15.9. The highest BCUT2D eigenvalue weighted by Gasteiger charge is 2.48. The van der Waals surface area contributed by atoms with Crippen molar-refractivity contribution in [3.8, 4) is 11.5 Å². The summed E-state index contributed by atoms with van der Waals surface area (Å²) in [5.74, 6) is -1.01. The van der Waals surface area contributed by atoms with Crippen LogP contribution < -0.4 is 14.4 Å². The quantitative estimate of drug-likeness (QED) is 0.0391. The van der Waals surface area contributed by atoms with Crippen LogP contribution in [0, 0.1) is 12.7 Å². The van der Waals surface area contributed by atoms with Crippen molar-refractivity contribution in [2.75, 3.05) is 18.1 Å². The number of halogens is 1. The second kappa shape index (κ2) is 14.7. The Kier molecular flexibility index (Phi) is 10.5. The third kappa shape index (κ3) is 7.37. The number of amides is 1. The Labute approximate surface area is 269 Å². The first-order valence-corrected chi connectivity index (χ1v) is 16.6. The number of thioether (sulfide) groups is 1. The standard InChI is InChI=1S/C34H34FN3O5S2/c1-4-6-7-18-43-26-17-14-24(19-27(26)42-5-2)29-28(30(39)23-12-15-25(35)16-13-23)31(40)32(41)38(29)33-36-37-34(45-33)44-20-22-10-8-21(3)9-11-22/h8-17,19,29,39H,4-7,18,20H2,1-3H3. The van der Waals surface area contributed by atoms with Crippen molar-refractivity contribution in [1.29, 1.82) is 0 Å². The van der Waals surface area contributed by atoms with Gasteiger partial charge in [-0.2, -0.15) is 0 Å². The number of ether oxygens (including phenoxy) is 2. The van der Waals surface area contributed by atoms with Gasteiger partial charge in [0.2, 0.25) is 5.13 Å². The fourth-order valence-electron chi connectivity index (χ4n) is 4.91. The van der Waals surface area contributed by atoms with Crippen molar-refractivity contribution in [2.45, 2.75) is 56.2 Å². The van der Waals surface area contributed by atoms with Crippen LogP contribution in [0.5, 0.6) is 11.5 Å². The highest BCUT2D eigenvalue weighted by Crippen LogP contribution is 2.45. The monoisotopic (exact) mass is 647 g/mol. The van der Waals surface area contributed by atoms with Crippen LogP contribution in [0.25, 0.3) is 5.76 Å². The summed E-state index contributed by atoms with van der Waals surface area (Å²) in [4.78, 5) is 28.5. The molecule has 8 nitrogen and oxygen atoms in total. The molecule has 0 aliphatic carbocycles. The number of ketones is 1. The number of aliphatic hydroxyl groups is 1. The number of unbranched alkanes of at least 4 members (excludes halogenated alkanes) is 2. The van der Waals surface area contributed by atoms with Crippen molar-refractivity contribution >= 4 is 45.7 Å². The Bertz CT molecular complexity index is 1690. The summed E-state index contributed by atoms with van der Waals surface area (Å²) in [6.45, 7) is 6.88. The summed E-state index contributed by atoms with van der Waals surface area (Å²) in [6.07, 6.45) is 2.99. The Balaban J connectivity index is 1.54. The lowest BCUT2D eigenvalue weighted by molar-refractivity contribution is -0.132. The SMILES string of the molecule is CCCCCOc1ccc(C2C(=C(O)c3ccc(F)cc3)C(=O)C(=O)N2c2nnc(SCc3ccc(C)cc3)s2)cc1OCC. The topological polar surface area (TPSA) is 102 Å². The molecule has 11 heteroatoms. The molecule has 1 aliphatic heterocycles. The number of carbonyl (C=O) groups is 2. The molecule has 0 bridgehead atoms. The van der Waals surface area contributed by atoms with Crippen molar-refractivity contribution in [1.82, 2.24) is 10.2 Å². The van der Waals surface area contributed by atoms with E-state index in [0.29, 0.717) is 40.4 Å². The molecule has 234 valence electrons. The van der Waals surface area contributed by atoms with Crippen LogP contribution in [-0.2, 0) is 15.3 Å². The largest absolute Gasteiger partial charge is 0.507 e. The highest BCUT2D eigenvalue weighted by molar-refractivity contribution is 8.00. The first kappa shape index (κ1) is 32.2. The van der Waals surface area contributed by atoms with Gasteiger partial charge >= 0.3 is 5.91 Å². The molecule has 5 rings (SSSR count). The molecule has 1 aliphatic rings. The highest BCUT2D eigenvalue weighted by atomic mass is 32.2. The van der Waals surface area contributed by atoms with E-state index < -0.39 is 29.3 Å². The molecular formula is C34H34FN3O5S2. The molecule has 1 amide bonds. The number of hydrogen-bond donors (Lipinski definition) is 1. The molecule has 1 N–H and O–H groups in total. The molecule has 1 atom stereocenters. The molecule has 45 heavy (non-hydrogen) atoms. The van der Waals surface area contributed by atoms with Gasteiger partial charge in [-0.25, -0.2) is 4.39 Å². The average Bonchev–Trinajstić information content (AvgIpc) is 3.61. The van der Waals surface area contributed by atoms with Gasteiger partial charge in [-0.05, 0) is 67.8 Å². The van der Waals surface area contributed by atoms with E-state index in [1.165, 1.54) is 57.8 Å². The summed E-state index contributed by atoms with van der Waals surface area (Å²) >= 11 is 2.66. The zero-order chi connectivity index (χ0) is 31.9. The molecule has 2 heterocycles. The van der Waals surface area contributed by atoms with Gasteiger partial charge in [-0.15, -0.1) is 10.2 Å². The fourth-order valence-corrected chi connectivity index (χ4v) is 6.74. The van der Waals surface area contributed by atoms with Crippen LogP contribution in [0.3, 0.4) is 0 Å². The van der Waals surface area contributed by atoms with Crippen molar-refractivity contribution in [3.63, 3.8) is 0 Å². The molecule has 3 aromatic carbocycles. The summed E-state index contributed by atoms with van der Waals surface area (Å²) in [7, 11) is 0. The van der Waals surface area contributed by atoms with E-state index in [-0.39, 0.29) is 16.3 Å². The zero-order valence-corrected chi connectivity index (χ0v) is 26.9. The van der Waals surface area contributed by atoms with Crippen molar-refractivity contribution < 1.29 is 28.6 Å². The van der Waals surface area contributed by atoms with E-state index >= 15 is 0 Å². The third-order valence-corrected chi connectivity index (χ3v) is 9.36. The van der Waals surface area contributed by atoms with Gasteiger partial charge in [0, 0.05) is 11.3 Å². The van der Waals surface area contributed by atoms with Gasteiger partial charge < -0.3 is 14.6 Å². The smallest absolute Gasteiger partial charge is 0.301 e. The van der Waals surface area contributed by atoms with Crippen LogP contribution in [0.2, 0.25) is 0 Å². The molecule has 0 saturated carbocycles. The number of aliphatic hydroxyl groups excluding tert-OH is 1. The lowest BCUT2D eigenvalue weighted by Crippen LogP contribution is -2.29. The number of rotatable bonds is 13. The van der Waals surface area contributed by atoms with Gasteiger partial charge in [-0.3, -0.25) is 14.5 Å². The van der Waals surface area contributed by atoms with Crippen LogP contribution in [-0.4, -0.2) is 40.2 Å². The maximum Gasteiger partial charge on any atom is 0.301 e. The van der Waals surface area contributed by atoms with Crippen LogP contribution in [0.15, 0.2) is 76.6 Å². The first-order valence-electron chi connectivity index (χ1n) is 14.8. The third-order valence-electron chi connectivity index (χ3n) is 7.24. The fraction of sp³-hybridized carbons (Fsp3) is 0.294. The molecule has 1 aromatic heterocycles. The number of aryl methyl sites for hydroxylation is 1. The van der Waals surface area contributed by atoms with E-state index in [1.807, 2.05) is 38.1 Å². The van der Waals surface area contributed by atoms with Gasteiger partial charge in [-0.1, -0.05) is 78.8 Å². The minimum absolute atomic E-state index is 0.144. The Hall–Kier alpha value is -4.22. The second-order valence-electron chi connectivity index (χ2n) is 10.5. The van der Waals surface area contributed by atoms with Gasteiger partial charge in [0.25, 0.3) is 5.78 Å². The number of aromatic nitrogens is 2. The summed E-state index contributed by atoms with van der Waals surface area (Å²) in [6, 6.07) is 17.4. The van der Waals surface area contributed by atoms with E-state index in [0.717, 1.165) is 24.8 Å². The van der Waals surface area contributed by atoms with Gasteiger partial charge in [0.05, 0.1) is 24.8 Å². The predicted octanol–water partition coefficient (Wildman–Crippen LogP) is 7.87. The van der Waals surface area contributed by atoms with Crippen molar-refractivity contribution in [2.24, 2.45) is 0 Å². The molecule has 0 spiro atoms. The summed E-state index contributed by atoms with van der Waals surface area (Å²) in [5.41, 5.74) is 2.84. The maximum atomic E-state index is 13.7. The summed E-state index contributed by atoms with van der Waals surface area (Å²) in [5, 5.41) is 20.2. The zero-order valence-electron chi connectivity index (χ0n) is 25.3. The van der Waals surface area contributed by atoms with Crippen LogP contribution >= 0.6 is 23.1 Å². The second-order valence-corrected chi connectivity index (χ2v) is 12.7. The number of benzene rings is 3. The van der Waals surface area contributed by atoms with E-state index in [4.69, 9.17) is 9.47 Å². The predicted molar refractivity (Wildman–Crippen MR) is 174 cm³/mol.